The summed E-state index contributed by atoms with van der Waals surface area (Å²) in [5.74, 6) is 6.33. The molecule has 4 aromatic rings. The Hall–Kier alpha value is -5.44. The van der Waals surface area contributed by atoms with E-state index in [0.717, 1.165) is 31.5 Å². The second-order valence-corrected chi connectivity index (χ2v) is 20.0. The number of phosphoric ester groups is 2. The van der Waals surface area contributed by atoms with E-state index >= 15 is 0 Å². The van der Waals surface area contributed by atoms with Crippen LogP contribution in [0.2, 0.25) is 0 Å². The summed E-state index contributed by atoms with van der Waals surface area (Å²) < 4.78 is 65.9. The van der Waals surface area contributed by atoms with Crippen LogP contribution in [0, 0.1) is 25.7 Å². The third kappa shape index (κ3) is 14.4. The maximum absolute atomic E-state index is 13.5. The number of hydrogen-bond donors (Lipinski definition) is 5. The van der Waals surface area contributed by atoms with Crippen molar-refractivity contribution >= 4 is 33.0 Å². The molecular formula is C46H55N5O18P2. The van der Waals surface area contributed by atoms with Gasteiger partial charge >= 0.3 is 27.0 Å². The molecule has 5 heterocycles. The minimum absolute atomic E-state index is 0.00258. The fraction of sp³-hybridized carbons (Fsp3) is 0.478. The minimum Gasteiger partial charge on any atom is -0.390 e. The molecule has 0 radical (unpaired) electrons. The van der Waals surface area contributed by atoms with Crippen LogP contribution in [-0.4, -0.2) is 103 Å². The van der Waals surface area contributed by atoms with Gasteiger partial charge in [0, 0.05) is 73.4 Å². The topological polar surface area (TPSA) is 307 Å². The molecule has 0 saturated carbocycles. The number of nitrogens with zero attached hydrogens (tertiary/aromatic N) is 3. The zero-order valence-electron chi connectivity index (χ0n) is 38.8. The van der Waals surface area contributed by atoms with Crippen LogP contribution in [0.25, 0.3) is 0 Å². The summed E-state index contributed by atoms with van der Waals surface area (Å²) in [4.78, 5) is 102. The monoisotopic (exact) mass is 1030 g/mol. The summed E-state index contributed by atoms with van der Waals surface area (Å²) in [5.41, 5.74) is 0.730. The third-order valence-electron chi connectivity index (χ3n) is 11.9. The van der Waals surface area contributed by atoms with Crippen molar-refractivity contribution in [3.05, 3.63) is 130 Å². The summed E-state index contributed by atoms with van der Waals surface area (Å²) in [6.07, 6.45) is -3.41. The first-order valence-electron chi connectivity index (χ1n) is 22.9. The van der Waals surface area contributed by atoms with Gasteiger partial charge in [-0.2, -0.15) is 0 Å². The second-order valence-electron chi connectivity index (χ2n) is 17.1. The van der Waals surface area contributed by atoms with Crippen LogP contribution in [-0.2, 0) is 57.6 Å². The fourth-order valence-electron chi connectivity index (χ4n) is 8.09. The Morgan fingerprint density at radius 1 is 0.718 bits per heavy atom. The number of aromatic nitrogens is 4. The lowest BCUT2D eigenvalue weighted by Gasteiger charge is -2.26. The summed E-state index contributed by atoms with van der Waals surface area (Å²) in [6, 6.07) is 15.3. The number of carbonyl (C=O) groups excluding carboxylic acids is 2. The molecule has 25 heteroatoms. The van der Waals surface area contributed by atoms with Gasteiger partial charge in [0.05, 0.1) is 44.8 Å². The van der Waals surface area contributed by atoms with E-state index < -0.39 is 94.8 Å². The first-order chi connectivity index (χ1) is 33.9. The number of aliphatic hydroxyl groups excluding tert-OH is 1. The number of para-hydroxylation sites is 1. The number of hydrogen-bond acceptors (Lipinski definition) is 16. The van der Waals surface area contributed by atoms with Crippen LogP contribution >= 0.6 is 15.6 Å². The molecule has 4 unspecified atom stereocenters. The number of nitrogens with one attached hydrogen (secondary N) is 2. The predicted molar refractivity (Wildman–Crippen MR) is 251 cm³/mol. The summed E-state index contributed by atoms with van der Waals surface area (Å²) in [6.45, 7) is 1.41. The Morgan fingerprint density at radius 3 is 2.01 bits per heavy atom. The molecule has 0 bridgehead atoms. The fourth-order valence-corrected chi connectivity index (χ4v) is 9.77. The number of anilines is 1. The first kappa shape index (κ1) is 53.4. The number of ketones is 1. The predicted octanol–water partition coefficient (Wildman–Crippen LogP) is 3.15. The largest absolute Gasteiger partial charge is 0.472 e. The van der Waals surface area contributed by atoms with E-state index in [1.54, 1.807) is 4.90 Å². The van der Waals surface area contributed by atoms with E-state index in [4.69, 9.17) is 32.3 Å². The van der Waals surface area contributed by atoms with Gasteiger partial charge < -0.3 is 34.0 Å². The van der Waals surface area contributed by atoms with E-state index in [1.165, 1.54) is 26.2 Å². The van der Waals surface area contributed by atoms with Crippen molar-refractivity contribution in [3.8, 4) is 11.8 Å². The number of unbranched alkanes of at least 4 members (excludes halogenated alkanes) is 1. The quantitative estimate of drug-likeness (QED) is 0.0405. The summed E-state index contributed by atoms with van der Waals surface area (Å²) in [7, 11) is -9.88. The molecule has 71 heavy (non-hydrogen) atoms. The van der Waals surface area contributed by atoms with Crippen molar-refractivity contribution in [1.29, 1.82) is 0 Å². The Bertz CT molecular complexity index is 2980. The lowest BCUT2D eigenvalue weighted by atomic mass is 10.0. The van der Waals surface area contributed by atoms with Gasteiger partial charge in [-0.05, 0) is 56.9 Å². The maximum atomic E-state index is 13.5. The molecule has 3 aliphatic rings. The lowest BCUT2D eigenvalue weighted by molar-refractivity contribution is -0.121. The number of fused-ring (bicyclic) bond motifs is 2. The number of aromatic amines is 2. The van der Waals surface area contributed by atoms with Crippen molar-refractivity contribution in [1.82, 2.24) is 19.1 Å². The molecule has 5 N–H and O–H groups in total. The third-order valence-corrected chi connectivity index (χ3v) is 13.9. The Morgan fingerprint density at radius 2 is 1.30 bits per heavy atom. The molecule has 0 aliphatic carbocycles. The molecule has 23 nitrogen and oxygen atoms in total. The average Bonchev–Trinajstić information content (AvgIpc) is 3.90. The van der Waals surface area contributed by atoms with Gasteiger partial charge in [-0.3, -0.25) is 56.4 Å². The van der Waals surface area contributed by atoms with Crippen molar-refractivity contribution in [2.24, 2.45) is 0 Å². The molecule has 2 aromatic carbocycles. The number of Topliss-reactive ketones (excluding diaryl/α,β-unsaturated/α-hetero) is 1. The average molecular weight is 1030 g/mol. The number of H-pyrrole nitrogens is 2. The maximum Gasteiger partial charge on any atom is 0.472 e. The van der Waals surface area contributed by atoms with Gasteiger partial charge in [-0.25, -0.2) is 18.7 Å². The molecule has 7 rings (SSSR count). The molecular weight excluding hydrogens is 972 g/mol. The van der Waals surface area contributed by atoms with Crippen molar-refractivity contribution in [3.63, 3.8) is 0 Å². The standard InChI is InChI=1S/C46H55N5O18P2/c1-29-24-50(45(57)47-43(29)55)41-22-36(53)38(67-41)27-66-71(61,62)69-37-23-42(51-25-30(2)44(56)48-46(51)58)68-39(37)28-65-70(59,60)64-21-20-63-19-9-14-34(52)13-6-8-16-40(54)49-26-33-12-4-3-10-31(33)17-18-32-11-5-7-15-35(32)49/h3-5,7,10-12,15,24-25,36-39,41-42,53H,6,8-9,13-14,16,19-23,26-28H2,1-2H3,(H,59,60)(H,61,62)(H,47,55,57)(H,48,56,58)/t36?,37?,38-,39-,41-,42-/m1/s1. The number of phosphoric acid groups is 2. The molecule has 0 spiro atoms. The van der Waals surface area contributed by atoms with Crippen molar-refractivity contribution < 1.29 is 65.9 Å². The highest BCUT2D eigenvalue weighted by Gasteiger charge is 2.44. The Labute approximate surface area is 405 Å². The summed E-state index contributed by atoms with van der Waals surface area (Å²) >= 11 is 0. The van der Waals surface area contributed by atoms with Crippen molar-refractivity contribution in [2.75, 3.05) is 37.9 Å². The Balaban J connectivity index is 0.825. The van der Waals surface area contributed by atoms with Crippen LogP contribution in [0.15, 0.2) is 80.1 Å². The zero-order valence-corrected chi connectivity index (χ0v) is 40.6. The first-order valence-corrected chi connectivity index (χ1v) is 25.8. The number of ether oxygens (including phenoxy) is 3. The van der Waals surface area contributed by atoms with E-state index in [-0.39, 0.29) is 61.7 Å². The van der Waals surface area contributed by atoms with Crippen molar-refractivity contribution in [2.45, 2.75) is 109 Å². The number of aliphatic hydroxyl groups is 1. The lowest BCUT2D eigenvalue weighted by Crippen LogP contribution is -2.33. The smallest absolute Gasteiger partial charge is 0.390 e. The second kappa shape index (κ2) is 23.9. The number of aryl methyl sites for hydroxylation is 2. The molecule has 8 atom stereocenters. The van der Waals surface area contributed by atoms with E-state index in [1.807, 2.05) is 48.5 Å². The number of rotatable bonds is 23. The minimum atomic E-state index is -5.06. The highest BCUT2D eigenvalue weighted by atomic mass is 31.2. The normalized spacial score (nSPS) is 22.3. The Kier molecular flexibility index (Phi) is 17.9. The number of amides is 1. The summed E-state index contributed by atoms with van der Waals surface area (Å²) in [5, 5.41) is 10.6. The van der Waals surface area contributed by atoms with E-state index in [9.17, 15) is 52.8 Å². The molecule has 382 valence electrons. The van der Waals surface area contributed by atoms with Gasteiger partial charge in [0.1, 0.15) is 36.6 Å². The molecule has 2 fully saturated rings. The molecule has 2 saturated heterocycles. The van der Waals surface area contributed by atoms with Gasteiger partial charge in [-0.1, -0.05) is 42.2 Å². The van der Waals surface area contributed by atoms with E-state index in [0.29, 0.717) is 32.2 Å². The zero-order chi connectivity index (χ0) is 50.9. The van der Waals surface area contributed by atoms with Crippen LogP contribution in [0.4, 0.5) is 5.69 Å². The van der Waals surface area contributed by atoms with Gasteiger partial charge in [0.2, 0.25) is 5.91 Å². The number of benzene rings is 2. The van der Waals surface area contributed by atoms with Crippen LogP contribution < -0.4 is 27.4 Å². The van der Waals surface area contributed by atoms with Gasteiger partial charge in [0.15, 0.2) is 0 Å². The van der Waals surface area contributed by atoms with Crippen LogP contribution in [0.1, 0.15) is 91.6 Å². The van der Waals surface area contributed by atoms with Gasteiger partial charge in [-0.15, -0.1) is 0 Å². The van der Waals surface area contributed by atoms with E-state index in [2.05, 4.69) is 21.8 Å². The highest BCUT2D eigenvalue weighted by Crippen LogP contribution is 2.50. The molecule has 1 amide bonds. The van der Waals surface area contributed by atoms with Crippen LogP contribution in [0.3, 0.4) is 0 Å². The molecule has 2 aromatic heterocycles. The highest BCUT2D eigenvalue weighted by molar-refractivity contribution is 7.47. The molecule has 3 aliphatic heterocycles. The van der Waals surface area contributed by atoms with Gasteiger partial charge in [0.25, 0.3) is 11.1 Å². The SMILES string of the molecule is Cc1cn([C@H]2CC(O)[C@@H](COP(=O)(O)OC3C[C@H](n4cc(C)c(=O)[nH]c4=O)O[C@@H]3COP(=O)(O)OCCOCCCC(=O)CCCCC(=O)N3Cc4ccccc4C#Cc4ccccc43)O2)c(=O)[nH]c1=O. The number of carbonyl (C=O) groups is 2. The van der Waals surface area contributed by atoms with Crippen LogP contribution in [0.5, 0.6) is 0 Å².